The number of hydrogen-bond acceptors (Lipinski definition) is 6. The molecule has 0 bridgehead atoms. The molecule has 1 amide bonds. The van der Waals surface area contributed by atoms with Gasteiger partial charge in [0.05, 0.1) is 39.9 Å². The minimum absolute atomic E-state index is 0.0125. The number of allylic oxidation sites excluding steroid dienone is 2. The van der Waals surface area contributed by atoms with Gasteiger partial charge in [-0.05, 0) is 38.5 Å². The fourth-order valence-electron chi connectivity index (χ4n) is 7.51. The van der Waals surface area contributed by atoms with Crippen molar-refractivity contribution in [1.29, 1.82) is 0 Å². The zero-order valence-corrected chi connectivity index (χ0v) is 40.2. The molecule has 0 aliphatic carbocycles. The van der Waals surface area contributed by atoms with Crippen LogP contribution in [0.1, 0.15) is 245 Å². The van der Waals surface area contributed by atoms with E-state index < -0.39 is 20.0 Å². The smallest absolute Gasteiger partial charge is 0.268 e. The zero-order chi connectivity index (χ0) is 42.8. The maximum Gasteiger partial charge on any atom is 0.268 e. The predicted octanol–water partition coefficient (Wildman–Crippen LogP) is 13.7. The Kier molecular flexibility index (Phi) is 41.0. The van der Waals surface area contributed by atoms with Gasteiger partial charge in [0.2, 0.25) is 5.91 Å². The highest BCUT2D eigenvalue weighted by atomic mass is 31.2. The molecule has 0 aliphatic rings. The Morgan fingerprint density at radius 1 is 0.586 bits per heavy atom. The second-order valence-electron chi connectivity index (χ2n) is 18.5. The normalized spacial score (nSPS) is 14.3. The number of nitrogens with zero attached hydrogens (tertiary/aromatic N) is 1. The number of nitrogens with one attached hydrogen (secondary N) is 1. The third kappa shape index (κ3) is 43.3. The standard InChI is InChI=1S/C49H99N2O6P/c1-6-8-10-12-14-16-18-20-21-22-23-24-25-26-27-28-29-30-31-32-34-36-38-40-42-48(52)47(46-57-58(54,55)56-45-44-51(3,4)5)50-49(53)43-41-39-37-35-33-19-17-15-13-11-9-7-2/h15,17,47-48,52H,6-14,16,18-46H2,1-5H3,(H-,50,53,54,55)/b17-15-. The summed E-state index contributed by atoms with van der Waals surface area (Å²) >= 11 is 0. The number of rotatable bonds is 46. The Morgan fingerprint density at radius 3 is 1.38 bits per heavy atom. The van der Waals surface area contributed by atoms with Crippen LogP contribution in [-0.2, 0) is 18.4 Å². The lowest BCUT2D eigenvalue weighted by Gasteiger charge is -2.30. The Morgan fingerprint density at radius 2 is 0.948 bits per heavy atom. The molecular formula is C49H99N2O6P. The van der Waals surface area contributed by atoms with E-state index in [1.165, 1.54) is 167 Å². The monoisotopic (exact) mass is 843 g/mol. The first-order chi connectivity index (χ1) is 28.0. The molecule has 0 spiro atoms. The van der Waals surface area contributed by atoms with Gasteiger partial charge < -0.3 is 28.8 Å². The number of unbranched alkanes of at least 4 members (excludes halogenated alkanes) is 31. The van der Waals surface area contributed by atoms with Crippen molar-refractivity contribution in [3.63, 3.8) is 0 Å². The average molecular weight is 843 g/mol. The summed E-state index contributed by atoms with van der Waals surface area (Å²) < 4.78 is 23.3. The topological polar surface area (TPSA) is 108 Å². The van der Waals surface area contributed by atoms with Gasteiger partial charge >= 0.3 is 0 Å². The second-order valence-corrected chi connectivity index (χ2v) is 19.9. The molecule has 346 valence electrons. The van der Waals surface area contributed by atoms with Gasteiger partial charge in [-0.15, -0.1) is 0 Å². The molecule has 0 saturated carbocycles. The molecule has 0 saturated heterocycles. The van der Waals surface area contributed by atoms with Crippen molar-refractivity contribution in [3.8, 4) is 0 Å². The lowest BCUT2D eigenvalue weighted by molar-refractivity contribution is -0.870. The molecule has 0 aromatic rings. The van der Waals surface area contributed by atoms with Gasteiger partial charge in [0.15, 0.2) is 0 Å². The molecule has 0 radical (unpaired) electrons. The van der Waals surface area contributed by atoms with Gasteiger partial charge in [0.25, 0.3) is 7.82 Å². The summed E-state index contributed by atoms with van der Waals surface area (Å²) in [6.45, 7) is 4.71. The largest absolute Gasteiger partial charge is 0.756 e. The van der Waals surface area contributed by atoms with Crippen LogP contribution in [0, 0.1) is 0 Å². The number of likely N-dealkylation sites (N-methyl/N-ethyl adjacent to an activating group) is 1. The fourth-order valence-corrected chi connectivity index (χ4v) is 8.23. The van der Waals surface area contributed by atoms with Crippen molar-refractivity contribution in [2.45, 2.75) is 257 Å². The maximum atomic E-state index is 12.9. The minimum Gasteiger partial charge on any atom is -0.756 e. The highest BCUT2D eigenvalue weighted by Crippen LogP contribution is 2.38. The molecule has 0 rings (SSSR count). The summed E-state index contributed by atoms with van der Waals surface area (Å²) in [5, 5.41) is 13.9. The van der Waals surface area contributed by atoms with E-state index in [0.717, 1.165) is 51.4 Å². The quantitative estimate of drug-likeness (QED) is 0.0273. The lowest BCUT2D eigenvalue weighted by Crippen LogP contribution is -2.46. The Labute approximate surface area is 361 Å². The van der Waals surface area contributed by atoms with Gasteiger partial charge in [0, 0.05) is 6.42 Å². The number of aliphatic hydroxyl groups excluding tert-OH is 1. The predicted molar refractivity (Wildman–Crippen MR) is 247 cm³/mol. The van der Waals surface area contributed by atoms with Crippen LogP contribution in [0.25, 0.3) is 0 Å². The zero-order valence-electron chi connectivity index (χ0n) is 39.3. The molecule has 0 aliphatic heterocycles. The van der Waals surface area contributed by atoms with Crippen molar-refractivity contribution in [3.05, 3.63) is 12.2 Å². The van der Waals surface area contributed by atoms with Crippen molar-refractivity contribution >= 4 is 13.7 Å². The van der Waals surface area contributed by atoms with E-state index in [4.69, 9.17) is 9.05 Å². The van der Waals surface area contributed by atoms with Crippen LogP contribution in [0.3, 0.4) is 0 Å². The highest BCUT2D eigenvalue weighted by molar-refractivity contribution is 7.45. The van der Waals surface area contributed by atoms with E-state index in [9.17, 15) is 19.4 Å². The molecular weight excluding hydrogens is 744 g/mol. The summed E-state index contributed by atoms with van der Waals surface area (Å²) in [5.41, 5.74) is 0. The summed E-state index contributed by atoms with van der Waals surface area (Å²) in [7, 11) is 1.31. The van der Waals surface area contributed by atoms with E-state index in [2.05, 4.69) is 31.3 Å². The fraction of sp³-hybridized carbons (Fsp3) is 0.939. The Hall–Kier alpha value is -0.760. The van der Waals surface area contributed by atoms with Crippen LogP contribution in [-0.4, -0.2) is 68.5 Å². The molecule has 3 atom stereocenters. The number of phosphoric acid groups is 1. The van der Waals surface area contributed by atoms with Crippen molar-refractivity contribution in [2.75, 3.05) is 40.9 Å². The lowest BCUT2D eigenvalue weighted by atomic mass is 10.0. The number of amides is 1. The Balaban J connectivity index is 4.16. The first-order valence-electron chi connectivity index (χ1n) is 25.0. The number of carbonyl (C=O) groups is 1. The van der Waals surface area contributed by atoms with Crippen LogP contribution in [0.15, 0.2) is 12.2 Å². The summed E-state index contributed by atoms with van der Waals surface area (Å²) in [5.74, 6) is -0.172. The highest BCUT2D eigenvalue weighted by Gasteiger charge is 2.24. The second kappa shape index (κ2) is 41.6. The number of quaternary nitrogens is 1. The number of carbonyl (C=O) groups excluding carboxylic acids is 1. The molecule has 58 heavy (non-hydrogen) atoms. The van der Waals surface area contributed by atoms with E-state index in [-0.39, 0.29) is 19.1 Å². The third-order valence-electron chi connectivity index (χ3n) is 11.5. The van der Waals surface area contributed by atoms with Crippen LogP contribution in [0.4, 0.5) is 0 Å². The van der Waals surface area contributed by atoms with Crippen molar-refractivity contribution in [2.24, 2.45) is 0 Å². The molecule has 0 aromatic carbocycles. The maximum absolute atomic E-state index is 12.9. The molecule has 3 unspecified atom stereocenters. The van der Waals surface area contributed by atoms with E-state index in [0.29, 0.717) is 23.9 Å². The number of hydrogen-bond donors (Lipinski definition) is 2. The number of phosphoric ester groups is 1. The Bertz CT molecular complexity index is 958. The summed E-state index contributed by atoms with van der Waals surface area (Å²) in [6, 6.07) is -0.801. The van der Waals surface area contributed by atoms with Crippen LogP contribution in [0.5, 0.6) is 0 Å². The van der Waals surface area contributed by atoms with Gasteiger partial charge in [0.1, 0.15) is 13.2 Å². The first-order valence-corrected chi connectivity index (χ1v) is 26.5. The van der Waals surface area contributed by atoms with Crippen molar-refractivity contribution < 1.29 is 32.9 Å². The molecule has 0 heterocycles. The molecule has 8 nitrogen and oxygen atoms in total. The minimum atomic E-state index is -4.56. The third-order valence-corrected chi connectivity index (χ3v) is 12.5. The van der Waals surface area contributed by atoms with Gasteiger partial charge in [-0.3, -0.25) is 9.36 Å². The van der Waals surface area contributed by atoms with E-state index >= 15 is 0 Å². The van der Waals surface area contributed by atoms with E-state index in [1.807, 2.05) is 21.1 Å². The van der Waals surface area contributed by atoms with Crippen LogP contribution < -0.4 is 10.2 Å². The molecule has 0 aromatic heterocycles. The van der Waals surface area contributed by atoms with E-state index in [1.54, 1.807) is 0 Å². The first kappa shape index (κ1) is 57.2. The molecule has 0 fully saturated rings. The molecule has 9 heteroatoms. The summed E-state index contributed by atoms with van der Waals surface area (Å²) in [4.78, 5) is 25.3. The van der Waals surface area contributed by atoms with Crippen molar-refractivity contribution in [1.82, 2.24) is 5.32 Å². The average Bonchev–Trinajstić information content (AvgIpc) is 3.17. The van der Waals surface area contributed by atoms with Crippen LogP contribution >= 0.6 is 7.82 Å². The SMILES string of the molecule is CCCCC/C=C\CCCCCCCC(=O)NC(COP(=O)([O-])OCC[N+](C)(C)C)C(O)CCCCCCCCCCCCCCCCCCCCCCCCCC. The van der Waals surface area contributed by atoms with Gasteiger partial charge in [-0.25, -0.2) is 0 Å². The van der Waals surface area contributed by atoms with Crippen LogP contribution in [0.2, 0.25) is 0 Å². The van der Waals surface area contributed by atoms with Gasteiger partial charge in [-0.2, -0.15) is 0 Å². The summed E-state index contributed by atoms with van der Waals surface area (Å²) in [6.07, 6.45) is 48.0. The molecule has 2 N–H and O–H groups in total. The number of aliphatic hydroxyl groups is 1. The van der Waals surface area contributed by atoms with Gasteiger partial charge in [-0.1, -0.05) is 212 Å².